The molecule has 0 unspecified atom stereocenters. The van der Waals surface area contributed by atoms with E-state index in [1.54, 1.807) is 51.5 Å². The maximum atomic E-state index is 13.2. The van der Waals surface area contributed by atoms with Crippen molar-refractivity contribution in [2.75, 3.05) is 19.5 Å². The number of methoxy groups -OCH3 is 2. The number of ether oxygens (including phenoxy) is 2. The number of anilines is 1. The first-order valence-corrected chi connectivity index (χ1v) is 7.00. The topological polar surface area (TPSA) is 47.6 Å². The minimum atomic E-state index is -0.399. The molecule has 5 heteroatoms. The van der Waals surface area contributed by atoms with Gasteiger partial charge < -0.3 is 14.8 Å². The number of hydrogen-bond donors (Lipinski definition) is 1. The average Bonchev–Trinajstić information content (AvgIpc) is 2.56. The standard InChI is InChI=1S/C18H18FNO3/c1-12-4-6-14(19)11-16(12)20-18(21)9-5-13-10-15(22-2)7-8-17(13)23-3/h4-11H,1-3H3,(H,20,21). The zero-order valence-electron chi connectivity index (χ0n) is 13.2. The van der Waals surface area contributed by atoms with E-state index < -0.39 is 5.82 Å². The van der Waals surface area contributed by atoms with E-state index in [0.717, 1.165) is 5.56 Å². The summed E-state index contributed by atoms with van der Waals surface area (Å²) in [7, 11) is 3.12. The van der Waals surface area contributed by atoms with E-state index in [1.165, 1.54) is 18.2 Å². The number of amides is 1. The summed E-state index contributed by atoms with van der Waals surface area (Å²) in [6.45, 7) is 1.80. The molecule has 0 spiro atoms. The number of carbonyl (C=O) groups is 1. The Morgan fingerprint density at radius 2 is 1.91 bits per heavy atom. The molecule has 120 valence electrons. The van der Waals surface area contributed by atoms with Gasteiger partial charge in [-0.1, -0.05) is 6.07 Å². The van der Waals surface area contributed by atoms with Crippen molar-refractivity contribution in [3.8, 4) is 11.5 Å². The normalized spacial score (nSPS) is 10.6. The second-order valence-corrected chi connectivity index (χ2v) is 4.89. The van der Waals surface area contributed by atoms with Gasteiger partial charge in [0.05, 0.1) is 14.2 Å². The number of rotatable bonds is 5. The molecule has 2 rings (SSSR count). The van der Waals surface area contributed by atoms with Gasteiger partial charge in [-0.15, -0.1) is 0 Å². The summed E-state index contributed by atoms with van der Waals surface area (Å²) in [4.78, 5) is 12.0. The molecule has 0 aliphatic rings. The Kier molecular flexibility index (Phi) is 5.36. The van der Waals surface area contributed by atoms with Crippen LogP contribution in [0.3, 0.4) is 0 Å². The van der Waals surface area contributed by atoms with Crippen molar-refractivity contribution in [1.82, 2.24) is 0 Å². The molecular weight excluding hydrogens is 297 g/mol. The molecule has 23 heavy (non-hydrogen) atoms. The second-order valence-electron chi connectivity index (χ2n) is 4.89. The molecule has 0 aromatic heterocycles. The average molecular weight is 315 g/mol. The van der Waals surface area contributed by atoms with Crippen molar-refractivity contribution in [3.63, 3.8) is 0 Å². The summed E-state index contributed by atoms with van der Waals surface area (Å²) in [5, 5.41) is 2.65. The maximum Gasteiger partial charge on any atom is 0.248 e. The molecule has 0 aliphatic heterocycles. The Morgan fingerprint density at radius 3 is 2.61 bits per heavy atom. The van der Waals surface area contributed by atoms with E-state index >= 15 is 0 Å². The largest absolute Gasteiger partial charge is 0.497 e. The molecule has 0 saturated heterocycles. The molecule has 0 aliphatic carbocycles. The molecule has 0 heterocycles. The van der Waals surface area contributed by atoms with Gasteiger partial charge in [-0.25, -0.2) is 4.39 Å². The lowest BCUT2D eigenvalue weighted by molar-refractivity contribution is -0.111. The van der Waals surface area contributed by atoms with E-state index in [1.807, 2.05) is 0 Å². The Hall–Kier alpha value is -2.82. The van der Waals surface area contributed by atoms with Crippen LogP contribution in [0.5, 0.6) is 11.5 Å². The van der Waals surface area contributed by atoms with E-state index in [9.17, 15) is 9.18 Å². The molecule has 0 atom stereocenters. The summed E-state index contributed by atoms with van der Waals surface area (Å²) in [5.41, 5.74) is 1.93. The quantitative estimate of drug-likeness (QED) is 0.854. The van der Waals surface area contributed by atoms with Gasteiger partial charge in [0.1, 0.15) is 17.3 Å². The summed E-state index contributed by atoms with van der Waals surface area (Å²) >= 11 is 0. The smallest absolute Gasteiger partial charge is 0.248 e. The van der Waals surface area contributed by atoms with Crippen LogP contribution in [0.15, 0.2) is 42.5 Å². The molecule has 2 aromatic carbocycles. The number of hydrogen-bond acceptors (Lipinski definition) is 3. The van der Waals surface area contributed by atoms with Crippen molar-refractivity contribution in [3.05, 3.63) is 59.4 Å². The highest BCUT2D eigenvalue weighted by Crippen LogP contribution is 2.25. The Morgan fingerprint density at radius 1 is 1.13 bits per heavy atom. The lowest BCUT2D eigenvalue weighted by Gasteiger charge is -2.08. The zero-order valence-corrected chi connectivity index (χ0v) is 13.2. The van der Waals surface area contributed by atoms with Crippen molar-refractivity contribution in [2.24, 2.45) is 0 Å². The van der Waals surface area contributed by atoms with Crippen LogP contribution in [0.2, 0.25) is 0 Å². The van der Waals surface area contributed by atoms with Gasteiger partial charge in [-0.05, 0) is 48.9 Å². The van der Waals surface area contributed by atoms with Gasteiger partial charge in [0.2, 0.25) is 5.91 Å². The van der Waals surface area contributed by atoms with E-state index in [-0.39, 0.29) is 5.91 Å². The van der Waals surface area contributed by atoms with Crippen LogP contribution in [0.4, 0.5) is 10.1 Å². The first kappa shape index (κ1) is 16.5. The van der Waals surface area contributed by atoms with Crippen molar-refractivity contribution in [1.29, 1.82) is 0 Å². The monoisotopic (exact) mass is 315 g/mol. The van der Waals surface area contributed by atoms with Gasteiger partial charge in [0.15, 0.2) is 0 Å². The molecule has 1 amide bonds. The Balaban J connectivity index is 2.16. The van der Waals surface area contributed by atoms with Gasteiger partial charge >= 0.3 is 0 Å². The first-order chi connectivity index (χ1) is 11.0. The fourth-order valence-corrected chi connectivity index (χ4v) is 2.04. The fourth-order valence-electron chi connectivity index (χ4n) is 2.04. The predicted octanol–water partition coefficient (Wildman–Crippen LogP) is 3.80. The lowest BCUT2D eigenvalue weighted by atomic mass is 10.1. The Bertz CT molecular complexity index is 741. The molecule has 0 saturated carbocycles. The zero-order chi connectivity index (χ0) is 16.8. The van der Waals surface area contributed by atoms with Crippen LogP contribution >= 0.6 is 0 Å². The SMILES string of the molecule is COc1ccc(OC)c(C=CC(=O)Nc2cc(F)ccc2C)c1. The predicted molar refractivity (Wildman–Crippen MR) is 88.3 cm³/mol. The highest BCUT2D eigenvalue weighted by molar-refractivity contribution is 6.02. The van der Waals surface area contributed by atoms with Crippen LogP contribution in [-0.2, 0) is 4.79 Å². The fraction of sp³-hybridized carbons (Fsp3) is 0.167. The molecule has 0 fully saturated rings. The first-order valence-electron chi connectivity index (χ1n) is 7.00. The minimum absolute atomic E-state index is 0.358. The number of nitrogens with one attached hydrogen (secondary N) is 1. The maximum absolute atomic E-state index is 13.2. The third kappa shape index (κ3) is 4.32. The molecule has 4 nitrogen and oxygen atoms in total. The summed E-state index contributed by atoms with van der Waals surface area (Å²) in [6.07, 6.45) is 2.98. The number of aryl methyl sites for hydroxylation is 1. The molecular formula is C18H18FNO3. The lowest BCUT2D eigenvalue weighted by Crippen LogP contribution is -2.09. The van der Waals surface area contributed by atoms with E-state index in [0.29, 0.717) is 22.7 Å². The number of carbonyl (C=O) groups excluding carboxylic acids is 1. The van der Waals surface area contributed by atoms with E-state index in [2.05, 4.69) is 5.32 Å². The molecule has 2 aromatic rings. The van der Waals surface area contributed by atoms with Gasteiger partial charge in [0.25, 0.3) is 0 Å². The highest BCUT2D eigenvalue weighted by atomic mass is 19.1. The van der Waals surface area contributed by atoms with Crippen molar-refractivity contribution < 1.29 is 18.7 Å². The van der Waals surface area contributed by atoms with Crippen LogP contribution in [0, 0.1) is 12.7 Å². The van der Waals surface area contributed by atoms with Crippen LogP contribution in [-0.4, -0.2) is 20.1 Å². The van der Waals surface area contributed by atoms with Gasteiger partial charge in [0, 0.05) is 17.3 Å². The summed E-state index contributed by atoms with van der Waals surface area (Å²) < 4.78 is 23.6. The van der Waals surface area contributed by atoms with Crippen LogP contribution in [0.25, 0.3) is 6.08 Å². The minimum Gasteiger partial charge on any atom is -0.497 e. The van der Waals surface area contributed by atoms with Gasteiger partial charge in [-0.3, -0.25) is 4.79 Å². The van der Waals surface area contributed by atoms with Crippen molar-refractivity contribution >= 4 is 17.7 Å². The molecule has 0 radical (unpaired) electrons. The van der Waals surface area contributed by atoms with Crippen LogP contribution in [0.1, 0.15) is 11.1 Å². The summed E-state index contributed by atoms with van der Waals surface area (Å²) in [5.74, 6) is 0.525. The number of benzene rings is 2. The van der Waals surface area contributed by atoms with E-state index in [4.69, 9.17) is 9.47 Å². The van der Waals surface area contributed by atoms with Crippen molar-refractivity contribution in [2.45, 2.75) is 6.92 Å². The molecule has 1 N–H and O–H groups in total. The highest BCUT2D eigenvalue weighted by Gasteiger charge is 2.05. The molecule has 0 bridgehead atoms. The van der Waals surface area contributed by atoms with Crippen LogP contribution < -0.4 is 14.8 Å². The summed E-state index contributed by atoms with van der Waals surface area (Å²) in [6, 6.07) is 9.53. The third-order valence-corrected chi connectivity index (χ3v) is 3.31. The number of halogens is 1. The Labute approximate surface area is 134 Å². The van der Waals surface area contributed by atoms with Gasteiger partial charge in [-0.2, -0.15) is 0 Å². The second kappa shape index (κ2) is 7.45. The third-order valence-electron chi connectivity index (χ3n) is 3.31.